The summed E-state index contributed by atoms with van der Waals surface area (Å²) >= 11 is 4.60. The summed E-state index contributed by atoms with van der Waals surface area (Å²) < 4.78 is 12.4. The van der Waals surface area contributed by atoms with Crippen LogP contribution in [0, 0.1) is 5.82 Å². The highest BCUT2D eigenvalue weighted by Crippen LogP contribution is 2.17. The van der Waals surface area contributed by atoms with Crippen LogP contribution in [0.2, 0.25) is 0 Å². The fourth-order valence-corrected chi connectivity index (χ4v) is 0.979. The van der Waals surface area contributed by atoms with Crippen LogP contribution >= 0.6 is 12.2 Å². The highest BCUT2D eigenvalue weighted by molar-refractivity contribution is 7.78. The number of halogens is 1. The molecule has 0 radical (unpaired) electrons. The maximum atomic E-state index is 12.4. The third-order valence-electron chi connectivity index (χ3n) is 1.35. The van der Waals surface area contributed by atoms with Gasteiger partial charge in [0.25, 0.3) is 0 Å². The number of aromatic hydroxyl groups is 1. The predicted octanol–water partition coefficient (Wildman–Crippen LogP) is 2.07. The Morgan fingerprint density at radius 1 is 1.55 bits per heavy atom. The molecule has 0 spiro atoms. The first kappa shape index (κ1) is 8.14. The van der Waals surface area contributed by atoms with Crippen LogP contribution in [0.4, 0.5) is 4.39 Å². The molecule has 1 rings (SSSR count). The molecule has 0 aliphatic rings. The van der Waals surface area contributed by atoms with Crippen molar-refractivity contribution in [1.29, 1.82) is 0 Å². The molecule has 0 saturated carbocycles. The second-order valence-electron chi connectivity index (χ2n) is 2.14. The van der Waals surface area contributed by atoms with Gasteiger partial charge in [-0.3, -0.25) is 0 Å². The average Bonchev–Trinajstić information content (AvgIpc) is 1.95. The molecule has 11 heavy (non-hydrogen) atoms. The standard InChI is InChI=1S/C8H7FOS/c9-7-2-1-6(3-4-11)8(10)5-7/h1-2,4-5,10H,3H2. The third kappa shape index (κ3) is 1.98. The third-order valence-corrected chi connectivity index (χ3v) is 1.52. The van der Waals surface area contributed by atoms with Gasteiger partial charge < -0.3 is 5.11 Å². The van der Waals surface area contributed by atoms with Crippen LogP contribution < -0.4 is 0 Å². The van der Waals surface area contributed by atoms with Gasteiger partial charge in [-0.25, -0.2) is 4.39 Å². The average molecular weight is 170 g/mol. The Kier molecular flexibility index (Phi) is 2.54. The molecule has 0 bridgehead atoms. The van der Waals surface area contributed by atoms with Crippen molar-refractivity contribution in [3.8, 4) is 5.75 Å². The molecule has 0 aromatic heterocycles. The van der Waals surface area contributed by atoms with E-state index in [0.717, 1.165) is 6.07 Å². The Morgan fingerprint density at radius 3 is 2.82 bits per heavy atom. The number of hydrogen-bond donors (Lipinski definition) is 1. The molecule has 1 aromatic carbocycles. The number of phenols is 1. The van der Waals surface area contributed by atoms with Crippen molar-refractivity contribution >= 4 is 17.6 Å². The molecular weight excluding hydrogens is 163 g/mol. The Labute approximate surface area is 69.5 Å². The van der Waals surface area contributed by atoms with Gasteiger partial charge in [-0.1, -0.05) is 18.3 Å². The summed E-state index contributed by atoms with van der Waals surface area (Å²) in [6.07, 6.45) is 0.488. The summed E-state index contributed by atoms with van der Waals surface area (Å²) in [6, 6.07) is 3.90. The lowest BCUT2D eigenvalue weighted by Crippen LogP contribution is -1.85. The number of thiocarbonyl (C=S) groups is 1. The van der Waals surface area contributed by atoms with Gasteiger partial charge in [0.15, 0.2) is 0 Å². The SMILES string of the molecule is Oc1cc(F)ccc1CC=S. The molecule has 0 saturated heterocycles. The summed E-state index contributed by atoms with van der Waals surface area (Å²) in [6.45, 7) is 0. The largest absolute Gasteiger partial charge is 0.508 e. The highest BCUT2D eigenvalue weighted by Gasteiger charge is 1.99. The van der Waals surface area contributed by atoms with E-state index in [4.69, 9.17) is 5.11 Å². The summed E-state index contributed by atoms with van der Waals surface area (Å²) in [7, 11) is 0. The van der Waals surface area contributed by atoms with E-state index in [0.29, 0.717) is 12.0 Å². The highest BCUT2D eigenvalue weighted by atomic mass is 32.1. The second kappa shape index (κ2) is 3.44. The summed E-state index contributed by atoms with van der Waals surface area (Å²) in [5, 5.41) is 10.6. The van der Waals surface area contributed by atoms with E-state index in [1.807, 2.05) is 0 Å². The van der Waals surface area contributed by atoms with Gasteiger partial charge in [-0.2, -0.15) is 0 Å². The molecule has 0 aliphatic heterocycles. The molecular formula is C8H7FOS. The van der Waals surface area contributed by atoms with Gasteiger partial charge in [0.2, 0.25) is 0 Å². The zero-order chi connectivity index (χ0) is 8.27. The fourth-order valence-electron chi connectivity index (χ4n) is 0.799. The normalized spacial score (nSPS) is 9.55. The second-order valence-corrected chi connectivity index (χ2v) is 2.48. The molecule has 58 valence electrons. The molecule has 0 amide bonds. The maximum absolute atomic E-state index is 12.4. The van der Waals surface area contributed by atoms with E-state index in [1.54, 1.807) is 0 Å². The lowest BCUT2D eigenvalue weighted by atomic mass is 10.1. The van der Waals surface area contributed by atoms with Gasteiger partial charge in [0.05, 0.1) is 0 Å². The quantitative estimate of drug-likeness (QED) is 0.686. The van der Waals surface area contributed by atoms with Crippen LogP contribution in [0.3, 0.4) is 0 Å². The van der Waals surface area contributed by atoms with E-state index >= 15 is 0 Å². The van der Waals surface area contributed by atoms with Crippen LogP contribution in [-0.2, 0) is 6.42 Å². The van der Waals surface area contributed by atoms with Crippen LogP contribution in [0.1, 0.15) is 5.56 Å². The Morgan fingerprint density at radius 2 is 2.27 bits per heavy atom. The minimum absolute atomic E-state index is 0.0360. The maximum Gasteiger partial charge on any atom is 0.126 e. The van der Waals surface area contributed by atoms with Gasteiger partial charge in [-0.15, -0.1) is 0 Å². The molecule has 0 fully saturated rings. The van der Waals surface area contributed by atoms with Gasteiger partial charge >= 0.3 is 0 Å². The smallest absolute Gasteiger partial charge is 0.126 e. The van der Waals surface area contributed by atoms with E-state index in [1.165, 1.54) is 17.5 Å². The van der Waals surface area contributed by atoms with Crippen molar-refractivity contribution in [2.45, 2.75) is 6.42 Å². The molecule has 0 atom stereocenters. The van der Waals surface area contributed by atoms with Crippen molar-refractivity contribution in [2.24, 2.45) is 0 Å². The first-order valence-corrected chi connectivity index (χ1v) is 3.62. The molecule has 1 nitrogen and oxygen atoms in total. The Balaban J connectivity index is 2.98. The van der Waals surface area contributed by atoms with Crippen molar-refractivity contribution in [3.05, 3.63) is 29.6 Å². The predicted molar refractivity (Wildman–Crippen MR) is 45.4 cm³/mol. The summed E-state index contributed by atoms with van der Waals surface area (Å²) in [5.74, 6) is -0.471. The lowest BCUT2D eigenvalue weighted by molar-refractivity contribution is 0.464. The molecule has 1 aromatic rings. The lowest BCUT2D eigenvalue weighted by Gasteiger charge is -1.99. The Hall–Kier alpha value is -0.960. The number of rotatable bonds is 2. The van der Waals surface area contributed by atoms with Crippen LogP contribution in [0.5, 0.6) is 5.75 Å². The summed E-state index contributed by atoms with van der Waals surface area (Å²) in [5.41, 5.74) is 0.654. The summed E-state index contributed by atoms with van der Waals surface area (Å²) in [4.78, 5) is 0. The molecule has 0 aliphatic carbocycles. The van der Waals surface area contributed by atoms with Crippen LogP contribution in [-0.4, -0.2) is 10.5 Å². The number of phenolic OH excluding ortho intramolecular Hbond substituents is 1. The number of benzene rings is 1. The first-order valence-electron chi connectivity index (χ1n) is 3.15. The monoisotopic (exact) mass is 170 g/mol. The van der Waals surface area contributed by atoms with Crippen molar-refractivity contribution in [2.75, 3.05) is 0 Å². The van der Waals surface area contributed by atoms with Crippen molar-refractivity contribution in [1.82, 2.24) is 0 Å². The minimum Gasteiger partial charge on any atom is -0.508 e. The first-order chi connectivity index (χ1) is 5.24. The fraction of sp³-hybridized carbons (Fsp3) is 0.125. The van der Waals surface area contributed by atoms with Crippen molar-refractivity contribution < 1.29 is 9.50 Å². The minimum atomic E-state index is -0.435. The number of hydrogen-bond acceptors (Lipinski definition) is 2. The van der Waals surface area contributed by atoms with Crippen LogP contribution in [0.15, 0.2) is 18.2 Å². The van der Waals surface area contributed by atoms with Crippen molar-refractivity contribution in [3.63, 3.8) is 0 Å². The molecule has 0 unspecified atom stereocenters. The van der Waals surface area contributed by atoms with Gasteiger partial charge in [0, 0.05) is 12.5 Å². The topological polar surface area (TPSA) is 20.2 Å². The molecule has 3 heteroatoms. The van der Waals surface area contributed by atoms with E-state index in [2.05, 4.69) is 12.2 Å². The molecule has 1 N–H and O–H groups in total. The van der Waals surface area contributed by atoms with E-state index in [9.17, 15) is 4.39 Å². The van der Waals surface area contributed by atoms with Gasteiger partial charge in [-0.05, 0) is 17.0 Å². The van der Waals surface area contributed by atoms with Gasteiger partial charge in [0.1, 0.15) is 11.6 Å². The molecule has 0 heterocycles. The van der Waals surface area contributed by atoms with E-state index < -0.39 is 5.82 Å². The van der Waals surface area contributed by atoms with E-state index in [-0.39, 0.29) is 5.75 Å². The Bertz CT molecular complexity index is 273. The zero-order valence-electron chi connectivity index (χ0n) is 5.75. The zero-order valence-corrected chi connectivity index (χ0v) is 6.57. The van der Waals surface area contributed by atoms with Crippen LogP contribution in [0.25, 0.3) is 0 Å².